The Morgan fingerprint density at radius 3 is 2.32 bits per heavy atom. The SMILES string of the molecule is Cc1ccc(S(=O)(=O)OCC(O)C(c2cccc(F)c2)n2cc(-c3ccccc3)c3ccccc32)cc1. The molecule has 37 heavy (non-hydrogen) atoms. The Morgan fingerprint density at radius 2 is 1.59 bits per heavy atom. The fourth-order valence-electron chi connectivity index (χ4n) is 4.56. The van der Waals surface area contributed by atoms with E-state index < -0.39 is 34.7 Å². The molecule has 0 saturated heterocycles. The molecule has 1 heterocycles. The summed E-state index contributed by atoms with van der Waals surface area (Å²) in [6.45, 7) is 1.35. The summed E-state index contributed by atoms with van der Waals surface area (Å²) in [5.41, 5.74) is 4.15. The Hall–Kier alpha value is -3.78. The molecule has 188 valence electrons. The van der Waals surface area contributed by atoms with Crippen LogP contribution in [0.2, 0.25) is 0 Å². The van der Waals surface area contributed by atoms with Crippen molar-refractivity contribution in [2.24, 2.45) is 0 Å². The molecule has 0 radical (unpaired) electrons. The third-order valence-electron chi connectivity index (χ3n) is 6.38. The molecule has 4 aromatic carbocycles. The lowest BCUT2D eigenvalue weighted by Crippen LogP contribution is -2.30. The second-order valence-electron chi connectivity index (χ2n) is 8.95. The van der Waals surface area contributed by atoms with Crippen molar-refractivity contribution < 1.29 is 22.1 Å². The Kier molecular flexibility index (Phi) is 6.93. The van der Waals surface area contributed by atoms with Gasteiger partial charge in [0.05, 0.1) is 17.5 Å². The summed E-state index contributed by atoms with van der Waals surface area (Å²) in [7, 11) is -4.10. The van der Waals surface area contributed by atoms with Gasteiger partial charge in [0, 0.05) is 22.7 Å². The minimum Gasteiger partial charge on any atom is -0.388 e. The summed E-state index contributed by atoms with van der Waals surface area (Å²) in [6.07, 6.45) is 0.606. The van der Waals surface area contributed by atoms with Gasteiger partial charge in [-0.2, -0.15) is 8.42 Å². The molecule has 5 rings (SSSR count). The molecule has 2 atom stereocenters. The topological polar surface area (TPSA) is 68.5 Å². The van der Waals surface area contributed by atoms with Crippen LogP contribution in [0.5, 0.6) is 0 Å². The number of fused-ring (bicyclic) bond motifs is 1. The predicted octanol–water partition coefficient (Wildman–Crippen LogP) is 6.11. The quantitative estimate of drug-likeness (QED) is 0.253. The smallest absolute Gasteiger partial charge is 0.297 e. The molecule has 0 saturated carbocycles. The molecule has 5 aromatic rings. The van der Waals surface area contributed by atoms with Gasteiger partial charge >= 0.3 is 0 Å². The highest BCUT2D eigenvalue weighted by atomic mass is 32.2. The lowest BCUT2D eigenvalue weighted by molar-refractivity contribution is 0.0784. The normalized spacial score (nSPS) is 13.5. The Morgan fingerprint density at radius 1 is 0.892 bits per heavy atom. The van der Waals surface area contributed by atoms with Crippen molar-refractivity contribution in [1.82, 2.24) is 4.57 Å². The molecule has 7 heteroatoms. The van der Waals surface area contributed by atoms with E-state index in [0.717, 1.165) is 27.6 Å². The first-order chi connectivity index (χ1) is 17.8. The molecule has 0 fully saturated rings. The van der Waals surface area contributed by atoms with Crippen LogP contribution in [-0.4, -0.2) is 30.8 Å². The summed E-state index contributed by atoms with van der Waals surface area (Å²) in [4.78, 5) is 0.00498. The minimum atomic E-state index is -4.10. The van der Waals surface area contributed by atoms with E-state index in [1.54, 1.807) is 24.3 Å². The van der Waals surface area contributed by atoms with Crippen molar-refractivity contribution in [3.8, 4) is 11.1 Å². The number of hydrogen-bond donors (Lipinski definition) is 1. The van der Waals surface area contributed by atoms with E-state index in [4.69, 9.17) is 4.18 Å². The minimum absolute atomic E-state index is 0.00498. The van der Waals surface area contributed by atoms with E-state index in [2.05, 4.69) is 0 Å². The maximum Gasteiger partial charge on any atom is 0.297 e. The van der Waals surface area contributed by atoms with Gasteiger partial charge in [-0.1, -0.05) is 78.4 Å². The number of nitrogens with zero attached hydrogens (tertiary/aromatic N) is 1. The van der Waals surface area contributed by atoms with Gasteiger partial charge in [0.15, 0.2) is 0 Å². The molecule has 0 bridgehead atoms. The first-order valence-corrected chi connectivity index (χ1v) is 13.3. The van der Waals surface area contributed by atoms with Crippen LogP contribution in [0, 0.1) is 12.7 Å². The number of aryl methyl sites for hydroxylation is 1. The molecule has 1 N–H and O–H groups in total. The van der Waals surface area contributed by atoms with Gasteiger partial charge in [0.1, 0.15) is 11.9 Å². The maximum absolute atomic E-state index is 14.3. The molecule has 0 aliphatic carbocycles. The lowest BCUT2D eigenvalue weighted by Gasteiger charge is -2.26. The fraction of sp³-hybridized carbons (Fsp3) is 0.133. The summed E-state index contributed by atoms with van der Waals surface area (Å²) >= 11 is 0. The maximum atomic E-state index is 14.3. The average molecular weight is 516 g/mol. The molecule has 0 spiro atoms. The molecule has 1 aromatic heterocycles. The van der Waals surface area contributed by atoms with Gasteiger partial charge in [-0.3, -0.25) is 4.18 Å². The Bertz CT molecular complexity index is 1630. The van der Waals surface area contributed by atoms with Gasteiger partial charge in [0.2, 0.25) is 0 Å². The molecular weight excluding hydrogens is 489 g/mol. The first-order valence-electron chi connectivity index (χ1n) is 11.9. The monoisotopic (exact) mass is 515 g/mol. The van der Waals surface area contributed by atoms with Crippen molar-refractivity contribution in [3.63, 3.8) is 0 Å². The van der Waals surface area contributed by atoms with Crippen LogP contribution >= 0.6 is 0 Å². The first kappa shape index (κ1) is 24.9. The van der Waals surface area contributed by atoms with E-state index in [1.165, 1.54) is 24.3 Å². The summed E-state index contributed by atoms with van der Waals surface area (Å²) in [6, 6.07) is 29.0. The number of para-hydroxylation sites is 1. The highest BCUT2D eigenvalue weighted by molar-refractivity contribution is 7.86. The van der Waals surface area contributed by atoms with Gasteiger partial charge < -0.3 is 9.67 Å². The van der Waals surface area contributed by atoms with Crippen LogP contribution in [0.15, 0.2) is 114 Å². The summed E-state index contributed by atoms with van der Waals surface area (Å²) in [5.74, 6) is -0.456. The predicted molar refractivity (Wildman–Crippen MR) is 142 cm³/mol. The Balaban J connectivity index is 1.56. The van der Waals surface area contributed by atoms with Crippen LogP contribution in [-0.2, 0) is 14.3 Å². The molecule has 2 unspecified atom stereocenters. The third kappa shape index (κ3) is 5.20. The van der Waals surface area contributed by atoms with Crippen LogP contribution in [0.3, 0.4) is 0 Å². The molecule has 0 amide bonds. The van der Waals surface area contributed by atoms with E-state index >= 15 is 0 Å². The molecule has 0 aliphatic rings. The van der Waals surface area contributed by atoms with Crippen molar-refractivity contribution in [1.29, 1.82) is 0 Å². The summed E-state index contributed by atoms with van der Waals surface area (Å²) in [5, 5.41) is 12.3. The van der Waals surface area contributed by atoms with E-state index in [1.807, 2.05) is 72.3 Å². The van der Waals surface area contributed by atoms with Crippen molar-refractivity contribution in [2.45, 2.75) is 24.0 Å². The highest BCUT2D eigenvalue weighted by Gasteiger charge is 2.28. The zero-order valence-corrected chi connectivity index (χ0v) is 21.0. The third-order valence-corrected chi connectivity index (χ3v) is 7.68. The van der Waals surface area contributed by atoms with E-state index in [0.29, 0.717) is 5.56 Å². The van der Waals surface area contributed by atoms with Gasteiger partial charge in [-0.15, -0.1) is 0 Å². The molecule has 5 nitrogen and oxygen atoms in total. The van der Waals surface area contributed by atoms with Gasteiger partial charge in [-0.25, -0.2) is 4.39 Å². The molecular formula is C30H26FNO4S. The number of aliphatic hydroxyl groups excluding tert-OH is 1. The zero-order valence-electron chi connectivity index (χ0n) is 20.2. The fourth-order valence-corrected chi connectivity index (χ4v) is 5.49. The lowest BCUT2D eigenvalue weighted by atomic mass is 10.0. The highest BCUT2D eigenvalue weighted by Crippen LogP contribution is 2.36. The number of benzene rings is 4. The number of hydrogen-bond acceptors (Lipinski definition) is 4. The van der Waals surface area contributed by atoms with Crippen LogP contribution in [0.1, 0.15) is 17.2 Å². The number of aliphatic hydroxyl groups is 1. The van der Waals surface area contributed by atoms with Crippen LogP contribution in [0.25, 0.3) is 22.0 Å². The largest absolute Gasteiger partial charge is 0.388 e. The molecule has 0 aliphatic heterocycles. The van der Waals surface area contributed by atoms with Gasteiger partial charge in [0.25, 0.3) is 10.1 Å². The van der Waals surface area contributed by atoms with Crippen molar-refractivity contribution in [3.05, 3.63) is 126 Å². The van der Waals surface area contributed by atoms with Crippen molar-refractivity contribution >= 4 is 21.0 Å². The standard InChI is InChI=1S/C30H26FNO4S/c1-21-14-16-25(17-15-21)37(34,35)36-20-29(33)30(23-10-7-11-24(31)18-23)32-19-27(22-8-3-2-4-9-22)26-12-5-6-13-28(26)32/h2-19,29-30,33H,20H2,1H3. The average Bonchev–Trinajstić information content (AvgIpc) is 3.28. The van der Waals surface area contributed by atoms with Crippen molar-refractivity contribution in [2.75, 3.05) is 6.61 Å². The van der Waals surface area contributed by atoms with Crippen LogP contribution in [0.4, 0.5) is 4.39 Å². The zero-order chi connectivity index (χ0) is 26.0. The van der Waals surface area contributed by atoms with E-state index in [-0.39, 0.29) is 4.90 Å². The summed E-state index contributed by atoms with van der Waals surface area (Å²) < 4.78 is 47.0. The number of rotatable bonds is 8. The van der Waals surface area contributed by atoms with E-state index in [9.17, 15) is 17.9 Å². The van der Waals surface area contributed by atoms with Gasteiger partial charge in [-0.05, 0) is 48.4 Å². The number of aromatic nitrogens is 1. The Labute approximate surface area is 215 Å². The van der Waals surface area contributed by atoms with Crippen LogP contribution < -0.4 is 0 Å². The second-order valence-corrected chi connectivity index (χ2v) is 10.6. The number of halogens is 1. The second kappa shape index (κ2) is 10.3.